The van der Waals surface area contributed by atoms with Crippen molar-refractivity contribution in [3.63, 3.8) is 0 Å². The van der Waals surface area contributed by atoms with Gasteiger partial charge in [0.15, 0.2) is 0 Å². The van der Waals surface area contributed by atoms with Crippen LogP contribution >= 0.6 is 0 Å². The number of anilines is 1. The Balaban J connectivity index is 2.52. The van der Waals surface area contributed by atoms with Gasteiger partial charge in [-0.1, -0.05) is 6.92 Å². The molecule has 112 valence electrons. The summed E-state index contributed by atoms with van der Waals surface area (Å²) in [5.41, 5.74) is 0.991. The fourth-order valence-corrected chi connectivity index (χ4v) is 1.91. The van der Waals surface area contributed by atoms with E-state index in [1.807, 2.05) is 13.8 Å². The Labute approximate surface area is 121 Å². The topological polar surface area (TPSA) is 37.8 Å². The van der Waals surface area contributed by atoms with Crippen LogP contribution in [0.25, 0.3) is 11.3 Å². The summed E-state index contributed by atoms with van der Waals surface area (Å²) in [7, 11) is 0. The van der Waals surface area contributed by atoms with Crippen molar-refractivity contribution < 1.29 is 13.2 Å². The van der Waals surface area contributed by atoms with E-state index in [2.05, 4.69) is 15.3 Å². The zero-order valence-electron chi connectivity index (χ0n) is 11.8. The molecular weight excluding hydrogens is 279 g/mol. The molecule has 1 N–H and O–H groups in total. The van der Waals surface area contributed by atoms with Gasteiger partial charge in [0, 0.05) is 24.5 Å². The van der Waals surface area contributed by atoms with Gasteiger partial charge in [0.2, 0.25) is 0 Å². The van der Waals surface area contributed by atoms with Crippen molar-refractivity contribution in [1.82, 2.24) is 9.97 Å². The van der Waals surface area contributed by atoms with Crippen LogP contribution in [0, 0.1) is 6.92 Å². The molecule has 0 aliphatic carbocycles. The molecule has 0 atom stereocenters. The number of aryl methyl sites for hydroxylation is 1. The van der Waals surface area contributed by atoms with Crippen molar-refractivity contribution in [2.75, 3.05) is 11.9 Å². The first-order valence-corrected chi connectivity index (χ1v) is 6.66. The average molecular weight is 295 g/mol. The van der Waals surface area contributed by atoms with Gasteiger partial charge in [0.1, 0.15) is 5.82 Å². The summed E-state index contributed by atoms with van der Waals surface area (Å²) < 4.78 is 39.0. The molecule has 21 heavy (non-hydrogen) atoms. The number of nitrogens with one attached hydrogen (secondary N) is 1. The molecular formula is C15H16F3N3. The van der Waals surface area contributed by atoms with Crippen molar-refractivity contribution in [3.8, 4) is 11.3 Å². The first-order chi connectivity index (χ1) is 9.91. The Morgan fingerprint density at radius 2 is 2.00 bits per heavy atom. The third-order valence-corrected chi connectivity index (χ3v) is 3.02. The Hall–Kier alpha value is -2.11. The number of alkyl halides is 3. The van der Waals surface area contributed by atoms with Crippen molar-refractivity contribution in [1.29, 1.82) is 0 Å². The molecule has 0 saturated carbocycles. The number of hydrogen-bond donors (Lipinski definition) is 1. The molecule has 6 heteroatoms. The standard InChI is InChI=1S/C15H16F3N3/c1-3-5-20-14-8-11(15(16,17)18)7-13(21-14)12-9-19-6-4-10(12)2/h4,6-9H,3,5H2,1-2H3,(H,20,21). The molecule has 0 spiro atoms. The maximum Gasteiger partial charge on any atom is 0.416 e. The highest BCUT2D eigenvalue weighted by atomic mass is 19.4. The molecule has 2 heterocycles. The zero-order chi connectivity index (χ0) is 15.5. The minimum absolute atomic E-state index is 0.227. The third-order valence-electron chi connectivity index (χ3n) is 3.02. The predicted octanol–water partition coefficient (Wildman–Crippen LogP) is 4.29. The smallest absolute Gasteiger partial charge is 0.370 e. The molecule has 0 radical (unpaired) electrons. The summed E-state index contributed by atoms with van der Waals surface area (Å²) in [4.78, 5) is 8.23. The van der Waals surface area contributed by atoms with Gasteiger partial charge >= 0.3 is 6.18 Å². The lowest BCUT2D eigenvalue weighted by Gasteiger charge is -2.13. The SMILES string of the molecule is CCCNc1cc(C(F)(F)F)cc(-c2cnccc2C)n1. The van der Waals surface area contributed by atoms with E-state index in [1.54, 1.807) is 12.3 Å². The highest BCUT2D eigenvalue weighted by Gasteiger charge is 2.31. The molecule has 0 amide bonds. The summed E-state index contributed by atoms with van der Waals surface area (Å²) >= 11 is 0. The van der Waals surface area contributed by atoms with Gasteiger partial charge in [-0.15, -0.1) is 0 Å². The minimum atomic E-state index is -4.41. The summed E-state index contributed by atoms with van der Waals surface area (Å²) in [6.45, 7) is 4.32. The molecule has 2 rings (SSSR count). The first-order valence-electron chi connectivity index (χ1n) is 6.66. The van der Waals surface area contributed by atoms with Crippen molar-refractivity contribution >= 4 is 5.82 Å². The number of aromatic nitrogens is 2. The van der Waals surface area contributed by atoms with E-state index in [0.717, 1.165) is 24.1 Å². The molecule has 0 aliphatic heterocycles. The van der Waals surface area contributed by atoms with Crippen LogP contribution in [-0.2, 0) is 6.18 Å². The van der Waals surface area contributed by atoms with E-state index in [0.29, 0.717) is 12.1 Å². The Kier molecular flexibility index (Phi) is 4.45. The largest absolute Gasteiger partial charge is 0.416 e. The molecule has 2 aromatic rings. The summed E-state index contributed by atoms with van der Waals surface area (Å²) in [5, 5.41) is 2.90. The van der Waals surface area contributed by atoms with Gasteiger partial charge in [-0.25, -0.2) is 4.98 Å². The lowest BCUT2D eigenvalue weighted by Crippen LogP contribution is -2.09. The fraction of sp³-hybridized carbons (Fsp3) is 0.333. The molecule has 0 aliphatic rings. The van der Waals surface area contributed by atoms with Crippen molar-refractivity contribution in [3.05, 3.63) is 41.7 Å². The lowest BCUT2D eigenvalue weighted by molar-refractivity contribution is -0.137. The summed E-state index contributed by atoms with van der Waals surface area (Å²) in [6, 6.07) is 3.84. The van der Waals surface area contributed by atoms with Crippen LogP contribution in [-0.4, -0.2) is 16.5 Å². The van der Waals surface area contributed by atoms with Crippen molar-refractivity contribution in [2.24, 2.45) is 0 Å². The van der Waals surface area contributed by atoms with E-state index >= 15 is 0 Å². The molecule has 0 aromatic carbocycles. The van der Waals surface area contributed by atoms with Crippen LogP contribution in [0.3, 0.4) is 0 Å². The van der Waals surface area contributed by atoms with Crippen LogP contribution in [0.15, 0.2) is 30.6 Å². The van der Waals surface area contributed by atoms with E-state index in [9.17, 15) is 13.2 Å². The van der Waals surface area contributed by atoms with Gasteiger partial charge in [0.25, 0.3) is 0 Å². The molecule has 0 fully saturated rings. The van der Waals surface area contributed by atoms with Crippen LogP contribution in [0.4, 0.5) is 19.0 Å². The van der Waals surface area contributed by atoms with E-state index in [1.165, 1.54) is 6.20 Å². The Bertz CT molecular complexity index is 624. The summed E-state index contributed by atoms with van der Waals surface area (Å²) in [5.74, 6) is 0.227. The van der Waals surface area contributed by atoms with Gasteiger partial charge in [0.05, 0.1) is 11.3 Å². The second-order valence-electron chi connectivity index (χ2n) is 4.74. The molecule has 3 nitrogen and oxygen atoms in total. The van der Waals surface area contributed by atoms with Gasteiger partial charge in [-0.2, -0.15) is 13.2 Å². The molecule has 0 unspecified atom stereocenters. The van der Waals surface area contributed by atoms with Crippen LogP contribution in [0.2, 0.25) is 0 Å². The number of pyridine rings is 2. The van der Waals surface area contributed by atoms with Gasteiger partial charge < -0.3 is 5.32 Å². The normalized spacial score (nSPS) is 11.5. The predicted molar refractivity (Wildman–Crippen MR) is 76.0 cm³/mol. The Morgan fingerprint density at radius 3 is 2.62 bits per heavy atom. The van der Waals surface area contributed by atoms with Gasteiger partial charge in [-0.05, 0) is 37.1 Å². The fourth-order valence-electron chi connectivity index (χ4n) is 1.91. The van der Waals surface area contributed by atoms with Crippen LogP contribution in [0.1, 0.15) is 24.5 Å². The quantitative estimate of drug-likeness (QED) is 0.914. The monoisotopic (exact) mass is 295 g/mol. The highest BCUT2D eigenvalue weighted by molar-refractivity contribution is 5.65. The minimum Gasteiger partial charge on any atom is -0.370 e. The zero-order valence-corrected chi connectivity index (χ0v) is 11.8. The first kappa shape index (κ1) is 15.3. The number of rotatable bonds is 4. The van der Waals surface area contributed by atoms with Gasteiger partial charge in [-0.3, -0.25) is 4.98 Å². The van der Waals surface area contributed by atoms with E-state index in [4.69, 9.17) is 0 Å². The second-order valence-corrected chi connectivity index (χ2v) is 4.74. The molecule has 2 aromatic heterocycles. The highest BCUT2D eigenvalue weighted by Crippen LogP contribution is 2.33. The van der Waals surface area contributed by atoms with E-state index < -0.39 is 11.7 Å². The maximum atomic E-state index is 13.0. The number of halogens is 3. The maximum absolute atomic E-state index is 13.0. The van der Waals surface area contributed by atoms with E-state index in [-0.39, 0.29) is 11.5 Å². The lowest BCUT2D eigenvalue weighted by atomic mass is 10.1. The van der Waals surface area contributed by atoms with Crippen molar-refractivity contribution in [2.45, 2.75) is 26.4 Å². The number of hydrogen-bond acceptors (Lipinski definition) is 3. The second kappa shape index (κ2) is 6.11. The number of nitrogens with zero attached hydrogens (tertiary/aromatic N) is 2. The molecule has 0 bridgehead atoms. The van der Waals surface area contributed by atoms with Crippen LogP contribution < -0.4 is 5.32 Å². The summed E-state index contributed by atoms with van der Waals surface area (Å²) in [6.07, 6.45) is -0.472. The average Bonchev–Trinajstić information content (AvgIpc) is 2.44. The Morgan fingerprint density at radius 1 is 1.24 bits per heavy atom. The third kappa shape index (κ3) is 3.71. The van der Waals surface area contributed by atoms with Crippen LogP contribution in [0.5, 0.6) is 0 Å². The molecule has 0 saturated heterocycles.